The number of nitrogens with zero attached hydrogens (tertiary/aromatic N) is 2. The number of aromatic amines is 1. The first-order valence-corrected chi connectivity index (χ1v) is 11.7. The van der Waals surface area contributed by atoms with Gasteiger partial charge in [0.2, 0.25) is 0 Å². The third-order valence-corrected chi connectivity index (χ3v) is 7.25. The molecule has 0 saturated carbocycles. The molecular formula is C26H32F2N4O2. The Kier molecular flexibility index (Phi) is 7.28. The van der Waals surface area contributed by atoms with Gasteiger partial charge in [0.1, 0.15) is 19.7 Å². The van der Waals surface area contributed by atoms with E-state index in [1.165, 1.54) is 0 Å². The first kappa shape index (κ1) is 24.3. The predicted molar refractivity (Wildman–Crippen MR) is 127 cm³/mol. The van der Waals surface area contributed by atoms with Gasteiger partial charge in [-0.1, -0.05) is 55.5 Å². The van der Waals surface area contributed by atoms with Gasteiger partial charge >= 0.3 is 5.69 Å². The molecule has 8 heteroatoms. The van der Waals surface area contributed by atoms with Crippen molar-refractivity contribution in [1.82, 2.24) is 20.1 Å². The van der Waals surface area contributed by atoms with Crippen molar-refractivity contribution in [3.63, 3.8) is 0 Å². The Balaban J connectivity index is 1.58. The largest absolute Gasteiger partial charge is 0.372 e. The fourth-order valence-electron chi connectivity index (χ4n) is 4.97. The molecule has 0 aliphatic carbocycles. The van der Waals surface area contributed by atoms with Crippen LogP contribution < -0.4 is 11.0 Å². The molecule has 4 rings (SSSR count). The minimum absolute atomic E-state index is 0.211. The number of hydrogen-bond acceptors (Lipinski definition) is 4. The van der Waals surface area contributed by atoms with Gasteiger partial charge in [0.15, 0.2) is 0 Å². The van der Waals surface area contributed by atoms with E-state index in [1.807, 2.05) is 25.1 Å². The van der Waals surface area contributed by atoms with Crippen molar-refractivity contribution in [3.8, 4) is 0 Å². The molecule has 1 aliphatic heterocycles. The Morgan fingerprint density at radius 3 is 2.35 bits per heavy atom. The highest BCUT2D eigenvalue weighted by molar-refractivity contribution is 5.31. The van der Waals surface area contributed by atoms with Gasteiger partial charge in [-0.15, -0.1) is 0 Å². The van der Waals surface area contributed by atoms with E-state index in [0.29, 0.717) is 24.3 Å². The second kappa shape index (κ2) is 10.2. The Bertz CT molecular complexity index is 1110. The van der Waals surface area contributed by atoms with Crippen LogP contribution in [0.15, 0.2) is 59.7 Å². The monoisotopic (exact) mass is 470 g/mol. The number of halogens is 2. The molecular weight excluding hydrogens is 438 g/mol. The van der Waals surface area contributed by atoms with Crippen LogP contribution in [0.3, 0.4) is 0 Å². The number of alkyl halides is 2. The van der Waals surface area contributed by atoms with Crippen LogP contribution in [0.2, 0.25) is 0 Å². The zero-order valence-corrected chi connectivity index (χ0v) is 19.7. The van der Waals surface area contributed by atoms with Crippen LogP contribution >= 0.6 is 0 Å². The van der Waals surface area contributed by atoms with E-state index in [9.17, 15) is 13.6 Å². The molecule has 3 aromatic rings. The fraction of sp³-hybridized carbons (Fsp3) is 0.462. The van der Waals surface area contributed by atoms with Crippen LogP contribution in [-0.2, 0) is 29.2 Å². The van der Waals surface area contributed by atoms with E-state index in [1.54, 1.807) is 29.1 Å². The second-order valence-corrected chi connectivity index (χ2v) is 9.21. The molecule has 34 heavy (non-hydrogen) atoms. The molecule has 3 atom stereocenters. The molecule has 1 aromatic heterocycles. The lowest BCUT2D eigenvalue weighted by molar-refractivity contribution is -0.0108. The van der Waals surface area contributed by atoms with E-state index in [-0.39, 0.29) is 17.3 Å². The summed E-state index contributed by atoms with van der Waals surface area (Å²) in [5.74, 6) is 0. The summed E-state index contributed by atoms with van der Waals surface area (Å²) in [7, 11) is 0. The van der Waals surface area contributed by atoms with E-state index in [4.69, 9.17) is 4.74 Å². The number of benzene rings is 2. The SMILES string of the molecule is CC[C@]1(n2cn[nH]c2=O)CC[C@@](CO[C@H](C)c2cc(CF)cc(CF)c2)(c2ccccc2)NC1. The number of rotatable bonds is 9. The number of nitrogens with one attached hydrogen (secondary N) is 2. The van der Waals surface area contributed by atoms with Crippen LogP contribution in [-0.4, -0.2) is 27.9 Å². The van der Waals surface area contributed by atoms with Crippen molar-refractivity contribution >= 4 is 0 Å². The molecule has 1 saturated heterocycles. The van der Waals surface area contributed by atoms with Crippen molar-refractivity contribution < 1.29 is 13.5 Å². The minimum Gasteiger partial charge on any atom is -0.372 e. The van der Waals surface area contributed by atoms with Crippen molar-refractivity contribution in [2.75, 3.05) is 13.2 Å². The van der Waals surface area contributed by atoms with E-state index >= 15 is 0 Å². The number of hydrogen-bond donors (Lipinski definition) is 2. The van der Waals surface area contributed by atoms with E-state index in [0.717, 1.165) is 30.4 Å². The van der Waals surface area contributed by atoms with E-state index < -0.39 is 18.9 Å². The smallest absolute Gasteiger partial charge is 0.343 e. The number of ether oxygens (including phenoxy) is 1. The molecule has 1 fully saturated rings. The van der Waals surface area contributed by atoms with Gasteiger partial charge in [-0.05, 0) is 48.4 Å². The summed E-state index contributed by atoms with van der Waals surface area (Å²) in [5.41, 5.74) is 1.72. The first-order valence-electron chi connectivity index (χ1n) is 11.7. The van der Waals surface area contributed by atoms with Crippen LogP contribution in [0.4, 0.5) is 8.78 Å². The highest BCUT2D eigenvalue weighted by atomic mass is 19.1. The maximum absolute atomic E-state index is 13.3. The van der Waals surface area contributed by atoms with Gasteiger partial charge in [-0.25, -0.2) is 18.7 Å². The summed E-state index contributed by atoms with van der Waals surface area (Å²) in [6.07, 6.45) is 3.53. The maximum atomic E-state index is 13.3. The molecule has 0 bridgehead atoms. The Morgan fingerprint density at radius 2 is 1.82 bits per heavy atom. The standard InChI is InChI=1S/C26H32F2N4O2/c1-3-25(32-18-30-31-24(32)33)9-10-26(29-16-25,23-7-5-4-6-8-23)17-34-19(2)22-12-20(14-27)11-21(13-22)15-28/h4-8,11-13,18-19,29H,3,9-10,14-17H2,1-2H3,(H,31,33)/t19-,25+,26-/m1/s1. The lowest BCUT2D eigenvalue weighted by atomic mass is 9.75. The summed E-state index contributed by atoms with van der Waals surface area (Å²) >= 11 is 0. The van der Waals surface area contributed by atoms with Gasteiger partial charge in [-0.3, -0.25) is 4.57 Å². The number of piperidine rings is 1. The lowest BCUT2D eigenvalue weighted by Crippen LogP contribution is -2.60. The minimum atomic E-state index is -0.643. The fourth-order valence-corrected chi connectivity index (χ4v) is 4.97. The zero-order valence-electron chi connectivity index (χ0n) is 19.7. The molecule has 0 radical (unpaired) electrons. The number of H-pyrrole nitrogens is 1. The van der Waals surface area contributed by atoms with Crippen LogP contribution in [0.1, 0.15) is 61.5 Å². The van der Waals surface area contributed by atoms with Crippen LogP contribution in [0.25, 0.3) is 0 Å². The van der Waals surface area contributed by atoms with Crippen molar-refractivity contribution in [3.05, 3.63) is 87.6 Å². The third-order valence-electron chi connectivity index (χ3n) is 7.25. The molecule has 182 valence electrons. The second-order valence-electron chi connectivity index (χ2n) is 9.21. The molecule has 1 aliphatic rings. The highest BCUT2D eigenvalue weighted by Crippen LogP contribution is 2.39. The highest BCUT2D eigenvalue weighted by Gasteiger charge is 2.44. The molecule has 0 amide bonds. The van der Waals surface area contributed by atoms with Crippen LogP contribution in [0, 0.1) is 0 Å². The Morgan fingerprint density at radius 1 is 1.12 bits per heavy atom. The van der Waals surface area contributed by atoms with Gasteiger partial charge in [-0.2, -0.15) is 5.10 Å². The molecule has 0 unspecified atom stereocenters. The molecule has 6 nitrogen and oxygen atoms in total. The normalized spacial score (nSPS) is 23.6. The average molecular weight is 471 g/mol. The average Bonchev–Trinajstić information content (AvgIpc) is 3.34. The molecule has 2 aromatic carbocycles. The van der Waals surface area contributed by atoms with Crippen molar-refractivity contribution in [2.45, 2.75) is 63.6 Å². The Hall–Kier alpha value is -2.84. The van der Waals surface area contributed by atoms with E-state index in [2.05, 4.69) is 34.6 Å². The van der Waals surface area contributed by atoms with Crippen molar-refractivity contribution in [1.29, 1.82) is 0 Å². The summed E-state index contributed by atoms with van der Waals surface area (Å²) in [5, 5.41) is 10.1. The van der Waals surface area contributed by atoms with Gasteiger partial charge in [0.25, 0.3) is 0 Å². The summed E-state index contributed by atoms with van der Waals surface area (Å²) in [6.45, 7) is 3.66. The quantitative estimate of drug-likeness (QED) is 0.477. The summed E-state index contributed by atoms with van der Waals surface area (Å²) in [4.78, 5) is 12.3. The van der Waals surface area contributed by atoms with Gasteiger partial charge < -0.3 is 10.1 Å². The predicted octanol–water partition coefficient (Wildman–Crippen LogP) is 4.67. The topological polar surface area (TPSA) is 71.9 Å². The van der Waals surface area contributed by atoms with Gasteiger partial charge in [0, 0.05) is 6.54 Å². The van der Waals surface area contributed by atoms with Gasteiger partial charge in [0.05, 0.1) is 23.8 Å². The molecule has 0 spiro atoms. The maximum Gasteiger partial charge on any atom is 0.343 e. The summed E-state index contributed by atoms with van der Waals surface area (Å²) in [6, 6.07) is 15.2. The lowest BCUT2D eigenvalue weighted by Gasteiger charge is -2.47. The first-order chi connectivity index (χ1) is 16.4. The third kappa shape index (κ3) is 4.70. The summed E-state index contributed by atoms with van der Waals surface area (Å²) < 4.78 is 34.6. The zero-order chi connectivity index (χ0) is 24.2. The van der Waals surface area contributed by atoms with Crippen LogP contribution in [0.5, 0.6) is 0 Å². The molecule has 2 N–H and O–H groups in total. The van der Waals surface area contributed by atoms with Crippen molar-refractivity contribution in [2.24, 2.45) is 0 Å². The Labute approximate surface area is 198 Å². The number of aromatic nitrogens is 3. The molecule has 2 heterocycles.